The van der Waals surface area contributed by atoms with Crippen LogP contribution >= 0.6 is 22.9 Å². The molecule has 1 N–H and O–H groups in total. The van der Waals surface area contributed by atoms with Gasteiger partial charge in [-0.2, -0.15) is 0 Å². The van der Waals surface area contributed by atoms with E-state index in [1.807, 2.05) is 36.4 Å². The minimum atomic E-state index is -0.437. The molecule has 0 saturated carbocycles. The van der Waals surface area contributed by atoms with Crippen LogP contribution in [0.1, 0.15) is 22.9 Å². The predicted molar refractivity (Wildman–Crippen MR) is 92.3 cm³/mol. The maximum atomic E-state index is 12.1. The number of methoxy groups -OCH3 is 1. The molecule has 0 aliphatic carbocycles. The van der Waals surface area contributed by atoms with Crippen LogP contribution in [0.3, 0.4) is 0 Å². The van der Waals surface area contributed by atoms with E-state index in [1.54, 1.807) is 12.1 Å². The first-order chi connectivity index (χ1) is 11.1. The van der Waals surface area contributed by atoms with Crippen molar-refractivity contribution in [1.82, 2.24) is 5.32 Å². The molecule has 23 heavy (non-hydrogen) atoms. The number of ether oxygens (including phenoxy) is 1. The average molecular weight is 350 g/mol. The summed E-state index contributed by atoms with van der Waals surface area (Å²) in [5.41, 5.74) is 0.846. The van der Waals surface area contributed by atoms with Gasteiger partial charge in [-0.25, -0.2) is 0 Å². The maximum Gasteiger partial charge on any atom is 0.307 e. The van der Waals surface area contributed by atoms with Crippen molar-refractivity contribution >= 4 is 40.9 Å². The second kappa shape index (κ2) is 8.50. The zero-order chi connectivity index (χ0) is 16.7. The van der Waals surface area contributed by atoms with Gasteiger partial charge in [0.1, 0.15) is 0 Å². The molecule has 1 aromatic carbocycles. The van der Waals surface area contributed by atoms with Crippen molar-refractivity contribution in [2.45, 2.75) is 12.5 Å². The number of benzene rings is 1. The molecule has 0 spiro atoms. The number of esters is 1. The molecule has 2 aromatic rings. The highest BCUT2D eigenvalue weighted by Crippen LogP contribution is 2.22. The lowest BCUT2D eigenvalue weighted by Crippen LogP contribution is -2.29. The fourth-order valence-corrected chi connectivity index (χ4v) is 2.95. The minimum Gasteiger partial charge on any atom is -0.469 e. The van der Waals surface area contributed by atoms with Crippen molar-refractivity contribution in [3.63, 3.8) is 0 Å². The van der Waals surface area contributed by atoms with Gasteiger partial charge < -0.3 is 10.1 Å². The zero-order valence-electron chi connectivity index (χ0n) is 12.5. The number of hydrogen-bond donors (Lipinski definition) is 1. The topological polar surface area (TPSA) is 55.4 Å². The highest BCUT2D eigenvalue weighted by Gasteiger charge is 2.17. The van der Waals surface area contributed by atoms with E-state index in [0.29, 0.717) is 4.34 Å². The molecule has 6 heteroatoms. The Morgan fingerprint density at radius 3 is 2.61 bits per heavy atom. The SMILES string of the molecule is COC(=O)CC(NC(=O)/C=C/c1ccc(Cl)s1)c1ccccc1. The van der Waals surface area contributed by atoms with Crippen molar-refractivity contribution in [3.05, 3.63) is 63.3 Å². The van der Waals surface area contributed by atoms with Crippen molar-refractivity contribution in [3.8, 4) is 0 Å². The summed E-state index contributed by atoms with van der Waals surface area (Å²) in [7, 11) is 1.33. The number of hydrogen-bond acceptors (Lipinski definition) is 4. The Morgan fingerprint density at radius 1 is 1.26 bits per heavy atom. The fourth-order valence-electron chi connectivity index (χ4n) is 1.98. The molecule has 0 fully saturated rings. The Kier molecular flexibility index (Phi) is 6.38. The summed E-state index contributed by atoms with van der Waals surface area (Å²) in [6.45, 7) is 0. The summed E-state index contributed by atoms with van der Waals surface area (Å²) in [6.07, 6.45) is 3.19. The van der Waals surface area contributed by atoms with Gasteiger partial charge in [-0.15, -0.1) is 11.3 Å². The number of nitrogens with one attached hydrogen (secondary N) is 1. The van der Waals surface area contributed by atoms with Crippen molar-refractivity contribution < 1.29 is 14.3 Å². The lowest BCUT2D eigenvalue weighted by Gasteiger charge is -2.17. The summed E-state index contributed by atoms with van der Waals surface area (Å²) in [5.74, 6) is -0.666. The van der Waals surface area contributed by atoms with Gasteiger partial charge in [0, 0.05) is 11.0 Å². The van der Waals surface area contributed by atoms with E-state index in [-0.39, 0.29) is 18.3 Å². The molecular weight excluding hydrogens is 334 g/mol. The number of amides is 1. The first-order valence-corrected chi connectivity index (χ1v) is 8.13. The third-order valence-electron chi connectivity index (χ3n) is 3.11. The molecule has 0 saturated heterocycles. The Balaban J connectivity index is 2.06. The van der Waals surface area contributed by atoms with E-state index in [4.69, 9.17) is 16.3 Å². The van der Waals surface area contributed by atoms with E-state index in [9.17, 15) is 9.59 Å². The van der Waals surface area contributed by atoms with Crippen LogP contribution in [0.25, 0.3) is 6.08 Å². The van der Waals surface area contributed by atoms with Gasteiger partial charge >= 0.3 is 5.97 Å². The summed E-state index contributed by atoms with van der Waals surface area (Å²) < 4.78 is 5.36. The number of thiophene rings is 1. The van der Waals surface area contributed by atoms with Gasteiger partial charge in [0.2, 0.25) is 5.91 Å². The largest absolute Gasteiger partial charge is 0.469 e. The van der Waals surface area contributed by atoms with Crippen LogP contribution < -0.4 is 5.32 Å². The molecule has 0 aliphatic heterocycles. The van der Waals surface area contributed by atoms with Gasteiger partial charge in [-0.3, -0.25) is 9.59 Å². The Hall–Kier alpha value is -2.11. The Labute approximate surface area is 143 Å². The smallest absolute Gasteiger partial charge is 0.307 e. The standard InChI is InChI=1S/C17H16ClNO3S/c1-22-17(21)11-14(12-5-3-2-4-6-12)19-16(20)10-8-13-7-9-15(18)23-13/h2-10,14H,11H2,1H3,(H,19,20)/b10-8+. The van der Waals surface area contributed by atoms with E-state index in [2.05, 4.69) is 5.32 Å². The van der Waals surface area contributed by atoms with E-state index in [1.165, 1.54) is 24.5 Å². The number of halogens is 1. The van der Waals surface area contributed by atoms with Crippen molar-refractivity contribution in [2.24, 2.45) is 0 Å². The molecule has 1 atom stereocenters. The van der Waals surface area contributed by atoms with Gasteiger partial charge in [0.05, 0.1) is 23.9 Å². The number of rotatable bonds is 6. The van der Waals surface area contributed by atoms with Gasteiger partial charge in [-0.05, 0) is 23.8 Å². The molecule has 1 aromatic heterocycles. The molecule has 4 nitrogen and oxygen atoms in total. The molecule has 120 valence electrons. The van der Waals surface area contributed by atoms with Crippen LogP contribution in [0.4, 0.5) is 0 Å². The molecule has 1 heterocycles. The zero-order valence-corrected chi connectivity index (χ0v) is 14.1. The number of carbonyl (C=O) groups excluding carboxylic acids is 2. The van der Waals surface area contributed by atoms with Gasteiger partial charge in [-0.1, -0.05) is 41.9 Å². The molecule has 0 radical (unpaired) electrons. The predicted octanol–water partition coefficient (Wildman–Crippen LogP) is 3.84. The molecule has 1 amide bonds. The molecule has 2 rings (SSSR count). The fraction of sp³-hybridized carbons (Fsp3) is 0.176. The minimum absolute atomic E-state index is 0.0743. The second-order valence-corrected chi connectivity index (χ2v) is 6.47. The Bertz CT molecular complexity index is 697. The quantitative estimate of drug-likeness (QED) is 0.637. The van der Waals surface area contributed by atoms with Crippen LogP contribution in [-0.4, -0.2) is 19.0 Å². The molecular formula is C17H16ClNO3S. The molecule has 0 bridgehead atoms. The van der Waals surface area contributed by atoms with E-state index < -0.39 is 6.04 Å². The normalized spacial score (nSPS) is 12.1. The third-order valence-corrected chi connectivity index (χ3v) is 4.31. The molecule has 1 unspecified atom stereocenters. The maximum absolute atomic E-state index is 12.1. The van der Waals surface area contributed by atoms with Crippen molar-refractivity contribution in [1.29, 1.82) is 0 Å². The summed E-state index contributed by atoms with van der Waals surface area (Å²) in [5, 5.41) is 2.82. The third kappa shape index (κ3) is 5.54. The highest BCUT2D eigenvalue weighted by molar-refractivity contribution is 7.17. The molecule has 0 aliphatic rings. The van der Waals surface area contributed by atoms with Gasteiger partial charge in [0.25, 0.3) is 0 Å². The van der Waals surface area contributed by atoms with Gasteiger partial charge in [0.15, 0.2) is 0 Å². The second-order valence-electron chi connectivity index (χ2n) is 4.73. The average Bonchev–Trinajstić information content (AvgIpc) is 2.98. The summed E-state index contributed by atoms with van der Waals surface area (Å²) >= 11 is 7.23. The van der Waals surface area contributed by atoms with Crippen LogP contribution in [0.5, 0.6) is 0 Å². The lowest BCUT2D eigenvalue weighted by atomic mass is 10.0. The van der Waals surface area contributed by atoms with Crippen LogP contribution in [0.2, 0.25) is 4.34 Å². The Morgan fingerprint density at radius 2 is 2.00 bits per heavy atom. The number of carbonyl (C=O) groups is 2. The summed E-state index contributed by atoms with van der Waals surface area (Å²) in [4.78, 5) is 24.5. The first kappa shape index (κ1) is 17.2. The monoisotopic (exact) mass is 349 g/mol. The van der Waals surface area contributed by atoms with E-state index in [0.717, 1.165) is 10.4 Å². The highest BCUT2D eigenvalue weighted by atomic mass is 35.5. The first-order valence-electron chi connectivity index (χ1n) is 6.94. The van der Waals surface area contributed by atoms with Crippen LogP contribution in [-0.2, 0) is 14.3 Å². The van der Waals surface area contributed by atoms with E-state index >= 15 is 0 Å². The van der Waals surface area contributed by atoms with Crippen LogP contribution in [0.15, 0.2) is 48.5 Å². The summed E-state index contributed by atoms with van der Waals surface area (Å²) in [6, 6.07) is 12.5. The van der Waals surface area contributed by atoms with Crippen LogP contribution in [0, 0.1) is 0 Å². The lowest BCUT2D eigenvalue weighted by molar-refractivity contribution is -0.141. The van der Waals surface area contributed by atoms with Crippen molar-refractivity contribution in [2.75, 3.05) is 7.11 Å².